The van der Waals surface area contributed by atoms with Crippen LogP contribution in [0.4, 0.5) is 0 Å². The first-order chi connectivity index (χ1) is 13.7. The highest BCUT2D eigenvalue weighted by molar-refractivity contribution is 5.94. The van der Waals surface area contributed by atoms with Crippen LogP contribution in [0.25, 0.3) is 0 Å². The highest BCUT2D eigenvalue weighted by Gasteiger charge is 2.08. The zero-order valence-electron chi connectivity index (χ0n) is 17.6. The van der Waals surface area contributed by atoms with Crippen molar-refractivity contribution in [2.24, 2.45) is 4.99 Å². The third-order valence-electron chi connectivity index (χ3n) is 4.96. The van der Waals surface area contributed by atoms with E-state index in [2.05, 4.69) is 32.8 Å². The fraction of sp³-hybridized carbons (Fsp3) is 0.636. The largest absolute Gasteiger partial charge is 0.357 e. The fourth-order valence-corrected chi connectivity index (χ4v) is 3.41. The topological polar surface area (TPSA) is 68.8 Å². The molecule has 156 valence electrons. The number of guanidine groups is 1. The Kier molecular flexibility index (Phi) is 10.4. The molecule has 1 amide bonds. The molecule has 6 heteroatoms. The molecule has 1 fully saturated rings. The van der Waals surface area contributed by atoms with Gasteiger partial charge in [-0.25, -0.2) is 4.99 Å². The molecule has 0 radical (unpaired) electrons. The lowest BCUT2D eigenvalue weighted by Crippen LogP contribution is -2.39. The van der Waals surface area contributed by atoms with Crippen molar-refractivity contribution < 1.29 is 4.79 Å². The van der Waals surface area contributed by atoms with E-state index in [1.807, 2.05) is 31.2 Å². The molecule has 2 rings (SSSR count). The summed E-state index contributed by atoms with van der Waals surface area (Å²) in [4.78, 5) is 19.1. The number of carbonyl (C=O) groups excluding carboxylic acids is 1. The molecule has 0 unspecified atom stereocenters. The van der Waals surface area contributed by atoms with Crippen molar-refractivity contribution in [1.29, 1.82) is 0 Å². The van der Waals surface area contributed by atoms with Gasteiger partial charge in [0, 0.05) is 25.2 Å². The lowest BCUT2D eigenvalue weighted by molar-refractivity contribution is 0.0956. The van der Waals surface area contributed by atoms with Gasteiger partial charge in [-0.3, -0.25) is 4.79 Å². The summed E-state index contributed by atoms with van der Waals surface area (Å²) in [5.74, 6) is 0.822. The summed E-state index contributed by atoms with van der Waals surface area (Å²) in [5.41, 5.74) is 1.78. The van der Waals surface area contributed by atoms with E-state index in [9.17, 15) is 4.79 Å². The Morgan fingerprint density at radius 1 is 0.964 bits per heavy atom. The molecule has 1 aliphatic heterocycles. The number of carbonyl (C=O) groups is 1. The molecular weight excluding hydrogens is 350 g/mol. The van der Waals surface area contributed by atoms with Gasteiger partial charge in [-0.2, -0.15) is 0 Å². The smallest absolute Gasteiger partial charge is 0.251 e. The van der Waals surface area contributed by atoms with Crippen LogP contribution in [0.3, 0.4) is 0 Å². The van der Waals surface area contributed by atoms with Crippen molar-refractivity contribution in [3.8, 4) is 0 Å². The number of aliphatic imine (C=N–C) groups is 1. The minimum atomic E-state index is -0.0306. The van der Waals surface area contributed by atoms with E-state index in [1.54, 1.807) is 0 Å². The molecule has 1 aliphatic rings. The Bertz CT molecular complexity index is 591. The summed E-state index contributed by atoms with van der Waals surface area (Å²) in [5, 5.41) is 9.56. The van der Waals surface area contributed by atoms with Crippen LogP contribution in [0.1, 0.15) is 61.9 Å². The molecule has 0 spiro atoms. The number of nitrogens with zero attached hydrogens (tertiary/aromatic N) is 2. The standard InChI is InChI=1S/C22H37N5O/c1-3-23-21(28)20-12-10-19(11-13-20)18-26-22(24-4-2)25-14-9-17-27-15-7-5-6-8-16-27/h10-13H,3-9,14-18H2,1-2H3,(H,23,28)(H2,24,25,26). The Hall–Kier alpha value is -2.08. The molecule has 3 N–H and O–H groups in total. The third-order valence-corrected chi connectivity index (χ3v) is 4.96. The molecular formula is C22H37N5O. The van der Waals surface area contributed by atoms with Crippen LogP contribution in [0.2, 0.25) is 0 Å². The van der Waals surface area contributed by atoms with Gasteiger partial charge in [0.05, 0.1) is 6.54 Å². The van der Waals surface area contributed by atoms with Gasteiger partial charge in [0.1, 0.15) is 0 Å². The Morgan fingerprint density at radius 3 is 2.29 bits per heavy atom. The number of nitrogens with one attached hydrogen (secondary N) is 3. The summed E-state index contributed by atoms with van der Waals surface area (Å²) in [6, 6.07) is 7.66. The second-order valence-corrected chi connectivity index (χ2v) is 7.29. The van der Waals surface area contributed by atoms with E-state index < -0.39 is 0 Å². The summed E-state index contributed by atoms with van der Waals surface area (Å²) >= 11 is 0. The van der Waals surface area contributed by atoms with Crippen LogP contribution < -0.4 is 16.0 Å². The predicted molar refractivity (Wildman–Crippen MR) is 117 cm³/mol. The van der Waals surface area contributed by atoms with E-state index in [1.165, 1.54) is 38.8 Å². The SMILES string of the molecule is CCNC(=O)c1ccc(CN=C(NCC)NCCCN2CCCCCC2)cc1. The van der Waals surface area contributed by atoms with Gasteiger partial charge in [-0.15, -0.1) is 0 Å². The normalized spacial score (nSPS) is 15.7. The number of benzene rings is 1. The molecule has 0 bridgehead atoms. The van der Waals surface area contributed by atoms with E-state index in [4.69, 9.17) is 0 Å². The van der Waals surface area contributed by atoms with E-state index >= 15 is 0 Å². The number of likely N-dealkylation sites (tertiary alicyclic amines) is 1. The fourth-order valence-electron chi connectivity index (χ4n) is 3.41. The van der Waals surface area contributed by atoms with Crippen LogP contribution in [-0.4, -0.2) is 56.0 Å². The van der Waals surface area contributed by atoms with Crippen molar-refractivity contribution in [1.82, 2.24) is 20.9 Å². The number of rotatable bonds is 9. The number of amides is 1. The zero-order valence-corrected chi connectivity index (χ0v) is 17.6. The molecule has 1 aromatic rings. The molecule has 1 heterocycles. The molecule has 1 saturated heterocycles. The van der Waals surface area contributed by atoms with Gasteiger partial charge in [0.2, 0.25) is 0 Å². The molecule has 28 heavy (non-hydrogen) atoms. The van der Waals surface area contributed by atoms with Crippen LogP contribution >= 0.6 is 0 Å². The van der Waals surface area contributed by atoms with Gasteiger partial charge in [0.25, 0.3) is 5.91 Å². The maximum atomic E-state index is 11.8. The van der Waals surface area contributed by atoms with E-state index in [0.29, 0.717) is 18.7 Å². The van der Waals surface area contributed by atoms with Crippen LogP contribution in [0, 0.1) is 0 Å². The lowest BCUT2D eigenvalue weighted by atomic mass is 10.1. The van der Waals surface area contributed by atoms with Crippen molar-refractivity contribution >= 4 is 11.9 Å². The molecule has 0 aliphatic carbocycles. The highest BCUT2D eigenvalue weighted by atomic mass is 16.1. The summed E-state index contributed by atoms with van der Waals surface area (Å²) in [6.45, 7) is 10.7. The van der Waals surface area contributed by atoms with Crippen molar-refractivity contribution in [3.05, 3.63) is 35.4 Å². The first-order valence-corrected chi connectivity index (χ1v) is 10.8. The molecule has 0 atom stereocenters. The summed E-state index contributed by atoms with van der Waals surface area (Å²) in [7, 11) is 0. The van der Waals surface area contributed by atoms with Crippen molar-refractivity contribution in [2.75, 3.05) is 39.3 Å². The second-order valence-electron chi connectivity index (χ2n) is 7.29. The Morgan fingerprint density at radius 2 is 1.64 bits per heavy atom. The Labute approximate surface area is 170 Å². The van der Waals surface area contributed by atoms with E-state index in [-0.39, 0.29) is 5.91 Å². The van der Waals surface area contributed by atoms with Gasteiger partial charge in [-0.1, -0.05) is 25.0 Å². The van der Waals surface area contributed by atoms with Crippen LogP contribution in [0.5, 0.6) is 0 Å². The average molecular weight is 388 g/mol. The van der Waals surface area contributed by atoms with Crippen LogP contribution in [0.15, 0.2) is 29.3 Å². The Balaban J connectivity index is 1.76. The second kappa shape index (κ2) is 13.2. The van der Waals surface area contributed by atoms with Crippen molar-refractivity contribution in [2.45, 2.75) is 52.5 Å². The van der Waals surface area contributed by atoms with Gasteiger partial charge >= 0.3 is 0 Å². The predicted octanol–water partition coefficient (Wildman–Crippen LogP) is 2.76. The minimum absolute atomic E-state index is 0.0306. The number of hydrogen-bond donors (Lipinski definition) is 3. The summed E-state index contributed by atoms with van der Waals surface area (Å²) in [6.07, 6.45) is 6.59. The van der Waals surface area contributed by atoms with Crippen molar-refractivity contribution in [3.63, 3.8) is 0 Å². The first kappa shape index (κ1) is 22.2. The van der Waals surface area contributed by atoms with Gasteiger partial charge in [-0.05, 0) is 70.4 Å². The minimum Gasteiger partial charge on any atom is -0.357 e. The molecule has 6 nitrogen and oxygen atoms in total. The monoisotopic (exact) mass is 387 g/mol. The van der Waals surface area contributed by atoms with Crippen LogP contribution in [-0.2, 0) is 6.54 Å². The molecule has 0 aromatic heterocycles. The zero-order chi connectivity index (χ0) is 20.0. The first-order valence-electron chi connectivity index (χ1n) is 10.8. The van der Waals surface area contributed by atoms with Gasteiger partial charge < -0.3 is 20.9 Å². The quantitative estimate of drug-likeness (QED) is 0.346. The maximum absolute atomic E-state index is 11.8. The summed E-state index contributed by atoms with van der Waals surface area (Å²) < 4.78 is 0. The molecule has 0 saturated carbocycles. The lowest BCUT2D eigenvalue weighted by Gasteiger charge is -2.20. The average Bonchev–Trinajstić information content (AvgIpc) is 2.98. The third kappa shape index (κ3) is 8.30. The van der Waals surface area contributed by atoms with E-state index in [0.717, 1.165) is 37.6 Å². The molecule has 1 aromatic carbocycles. The van der Waals surface area contributed by atoms with Gasteiger partial charge in [0.15, 0.2) is 5.96 Å². The number of hydrogen-bond acceptors (Lipinski definition) is 3. The highest BCUT2D eigenvalue weighted by Crippen LogP contribution is 2.09. The maximum Gasteiger partial charge on any atom is 0.251 e.